The third kappa shape index (κ3) is 4.72. The number of nitrogens with zero attached hydrogens (tertiary/aromatic N) is 1. The van der Waals surface area contributed by atoms with Crippen LogP contribution in [-0.4, -0.2) is 41.9 Å². The van der Waals surface area contributed by atoms with Gasteiger partial charge in [0.2, 0.25) is 5.91 Å². The molecular weight excluding hydrogens is 414 g/mol. The predicted octanol–water partition coefficient (Wildman–Crippen LogP) is 5.14. The van der Waals surface area contributed by atoms with E-state index in [4.69, 9.17) is 21.1 Å². The summed E-state index contributed by atoms with van der Waals surface area (Å²) in [6, 6.07) is 11.3. The zero-order valence-corrected chi connectivity index (χ0v) is 18.8. The number of rotatable bonds is 5. The van der Waals surface area contributed by atoms with Crippen molar-refractivity contribution in [2.24, 2.45) is 0 Å². The second-order valence-electron chi connectivity index (χ2n) is 8.61. The molecule has 0 aromatic heterocycles. The highest BCUT2D eigenvalue weighted by Crippen LogP contribution is 2.41. The van der Waals surface area contributed by atoms with Crippen LogP contribution in [0.1, 0.15) is 53.6 Å². The van der Waals surface area contributed by atoms with Gasteiger partial charge in [-0.1, -0.05) is 29.8 Å². The molecule has 0 unspecified atom stereocenters. The molecule has 5 nitrogen and oxygen atoms in total. The van der Waals surface area contributed by atoms with E-state index in [1.807, 2.05) is 43.0 Å². The fraction of sp³-hybridized carbons (Fsp3) is 0.440. The van der Waals surface area contributed by atoms with E-state index in [1.54, 1.807) is 6.07 Å². The number of likely N-dealkylation sites (tertiary alicyclic amines) is 1. The number of ether oxygens (including phenoxy) is 2. The van der Waals surface area contributed by atoms with Gasteiger partial charge in [-0.05, 0) is 49.6 Å². The average Bonchev–Trinajstić information content (AvgIpc) is 2.74. The van der Waals surface area contributed by atoms with Crippen LogP contribution in [0.5, 0.6) is 11.5 Å². The average molecular weight is 442 g/mol. The van der Waals surface area contributed by atoms with Gasteiger partial charge in [-0.2, -0.15) is 0 Å². The Morgan fingerprint density at radius 3 is 2.68 bits per heavy atom. The zero-order chi connectivity index (χ0) is 22.0. The Hall–Kier alpha value is -2.53. The lowest BCUT2D eigenvalue weighted by Gasteiger charge is -2.44. The number of benzene rings is 2. The first-order valence-electron chi connectivity index (χ1n) is 10.9. The van der Waals surface area contributed by atoms with E-state index in [9.17, 15) is 9.59 Å². The third-order valence-corrected chi connectivity index (χ3v) is 6.49. The SMILES string of the molecule is Cc1cc(C)c2c(c1)C(=O)CC1(CCN(C(=O)CCCOc3ccccc3Cl)CC1)O2. The van der Waals surface area contributed by atoms with Gasteiger partial charge in [-0.25, -0.2) is 0 Å². The fourth-order valence-corrected chi connectivity index (χ4v) is 4.70. The molecule has 0 saturated carbocycles. The minimum atomic E-state index is -0.492. The Morgan fingerprint density at radius 2 is 1.94 bits per heavy atom. The first-order valence-corrected chi connectivity index (χ1v) is 11.2. The number of Topliss-reactive ketones (excluding diaryl/α,β-unsaturated/α-hetero) is 1. The number of ketones is 1. The van der Waals surface area contributed by atoms with Crippen molar-refractivity contribution in [3.63, 3.8) is 0 Å². The van der Waals surface area contributed by atoms with Crippen LogP contribution in [0, 0.1) is 13.8 Å². The van der Waals surface area contributed by atoms with E-state index in [-0.39, 0.29) is 11.7 Å². The summed E-state index contributed by atoms with van der Waals surface area (Å²) >= 11 is 6.08. The minimum absolute atomic E-state index is 0.118. The summed E-state index contributed by atoms with van der Waals surface area (Å²) in [6.07, 6.45) is 2.79. The topological polar surface area (TPSA) is 55.8 Å². The lowest BCUT2D eigenvalue weighted by molar-refractivity contribution is -0.135. The predicted molar refractivity (Wildman–Crippen MR) is 120 cm³/mol. The van der Waals surface area contributed by atoms with Crippen LogP contribution >= 0.6 is 11.6 Å². The summed E-state index contributed by atoms with van der Waals surface area (Å²) in [6.45, 7) is 5.64. The molecule has 0 atom stereocenters. The van der Waals surface area contributed by atoms with Crippen LogP contribution in [0.15, 0.2) is 36.4 Å². The molecule has 2 heterocycles. The number of carbonyl (C=O) groups excluding carboxylic acids is 2. The molecule has 4 rings (SSSR count). The Balaban J connectivity index is 1.29. The Morgan fingerprint density at radius 1 is 1.19 bits per heavy atom. The van der Waals surface area contributed by atoms with Crippen molar-refractivity contribution in [1.29, 1.82) is 0 Å². The van der Waals surface area contributed by atoms with Crippen LogP contribution in [0.25, 0.3) is 0 Å². The second-order valence-corrected chi connectivity index (χ2v) is 9.01. The van der Waals surface area contributed by atoms with Gasteiger partial charge in [0.15, 0.2) is 5.78 Å². The molecule has 0 N–H and O–H groups in total. The molecule has 1 amide bonds. The Labute approximate surface area is 188 Å². The first kappa shape index (κ1) is 21.7. The number of halogens is 1. The molecule has 0 aliphatic carbocycles. The number of amides is 1. The Bertz CT molecular complexity index is 995. The molecule has 2 aliphatic rings. The van der Waals surface area contributed by atoms with E-state index >= 15 is 0 Å². The summed E-state index contributed by atoms with van der Waals surface area (Å²) in [7, 11) is 0. The number of hydrogen-bond donors (Lipinski definition) is 0. The van der Waals surface area contributed by atoms with Crippen molar-refractivity contribution >= 4 is 23.3 Å². The van der Waals surface area contributed by atoms with Crippen molar-refractivity contribution in [2.75, 3.05) is 19.7 Å². The molecule has 31 heavy (non-hydrogen) atoms. The number of carbonyl (C=O) groups is 2. The highest BCUT2D eigenvalue weighted by Gasteiger charge is 2.44. The zero-order valence-electron chi connectivity index (χ0n) is 18.1. The molecule has 0 radical (unpaired) electrons. The number of hydrogen-bond acceptors (Lipinski definition) is 4. The quantitative estimate of drug-likeness (QED) is 0.602. The largest absolute Gasteiger partial charge is 0.492 e. The lowest BCUT2D eigenvalue weighted by atomic mass is 9.81. The van der Waals surface area contributed by atoms with Gasteiger partial charge in [0.05, 0.1) is 23.6 Å². The number of fused-ring (bicyclic) bond motifs is 1. The molecule has 6 heteroatoms. The molecule has 0 bridgehead atoms. The molecule has 1 spiro atoms. The van der Waals surface area contributed by atoms with E-state index in [0.717, 1.165) is 16.9 Å². The maximum Gasteiger partial charge on any atom is 0.222 e. The van der Waals surface area contributed by atoms with Crippen molar-refractivity contribution in [3.8, 4) is 11.5 Å². The van der Waals surface area contributed by atoms with Gasteiger partial charge in [-0.3, -0.25) is 9.59 Å². The number of para-hydroxylation sites is 1. The highest BCUT2D eigenvalue weighted by atomic mass is 35.5. The fourth-order valence-electron chi connectivity index (χ4n) is 4.51. The Kier molecular flexibility index (Phi) is 6.24. The number of aryl methyl sites for hydroxylation is 2. The summed E-state index contributed by atoms with van der Waals surface area (Å²) in [5.41, 5.74) is 2.27. The summed E-state index contributed by atoms with van der Waals surface area (Å²) < 4.78 is 12.1. The van der Waals surface area contributed by atoms with Crippen LogP contribution < -0.4 is 9.47 Å². The van der Waals surface area contributed by atoms with Gasteiger partial charge in [-0.15, -0.1) is 0 Å². The lowest BCUT2D eigenvalue weighted by Crippen LogP contribution is -2.52. The van der Waals surface area contributed by atoms with Crippen molar-refractivity contribution in [3.05, 3.63) is 58.1 Å². The van der Waals surface area contributed by atoms with Crippen molar-refractivity contribution in [1.82, 2.24) is 4.90 Å². The molecule has 1 fully saturated rings. The molecule has 2 aromatic rings. The molecule has 2 aliphatic heterocycles. The number of piperidine rings is 1. The van der Waals surface area contributed by atoms with Crippen LogP contribution in [-0.2, 0) is 4.79 Å². The standard InChI is InChI=1S/C25H28ClNO4/c1-17-14-18(2)24-19(15-17)21(28)16-25(31-24)9-11-27(12-10-25)23(29)8-5-13-30-22-7-4-3-6-20(22)26/h3-4,6-7,14-15H,5,8-13,16H2,1-2H3. The van der Waals surface area contributed by atoms with Crippen LogP contribution in [0.4, 0.5) is 0 Å². The van der Waals surface area contributed by atoms with Crippen LogP contribution in [0.2, 0.25) is 5.02 Å². The van der Waals surface area contributed by atoms with Crippen LogP contribution in [0.3, 0.4) is 0 Å². The first-order chi connectivity index (χ1) is 14.9. The van der Waals surface area contributed by atoms with E-state index < -0.39 is 5.60 Å². The van der Waals surface area contributed by atoms with Crippen molar-refractivity contribution < 1.29 is 19.1 Å². The smallest absolute Gasteiger partial charge is 0.222 e. The second kappa shape index (κ2) is 8.91. The maximum atomic E-state index is 12.8. The monoisotopic (exact) mass is 441 g/mol. The molecule has 2 aromatic carbocycles. The summed E-state index contributed by atoms with van der Waals surface area (Å²) in [4.78, 5) is 27.3. The van der Waals surface area contributed by atoms with Gasteiger partial charge in [0, 0.05) is 32.4 Å². The summed E-state index contributed by atoms with van der Waals surface area (Å²) in [5, 5.41) is 0.573. The summed E-state index contributed by atoms with van der Waals surface area (Å²) in [5.74, 6) is 1.62. The van der Waals surface area contributed by atoms with Gasteiger partial charge in [0.25, 0.3) is 0 Å². The van der Waals surface area contributed by atoms with E-state index in [1.165, 1.54) is 0 Å². The molecule has 164 valence electrons. The maximum absolute atomic E-state index is 12.8. The molecular formula is C25H28ClNO4. The highest BCUT2D eigenvalue weighted by molar-refractivity contribution is 6.32. The minimum Gasteiger partial charge on any atom is -0.492 e. The molecule has 1 saturated heterocycles. The van der Waals surface area contributed by atoms with E-state index in [2.05, 4.69) is 6.07 Å². The van der Waals surface area contributed by atoms with Gasteiger partial charge >= 0.3 is 0 Å². The van der Waals surface area contributed by atoms with Gasteiger partial charge < -0.3 is 14.4 Å². The van der Waals surface area contributed by atoms with Crippen molar-refractivity contribution in [2.45, 2.75) is 51.6 Å². The normalized spacial score (nSPS) is 17.3. The van der Waals surface area contributed by atoms with Gasteiger partial charge in [0.1, 0.15) is 17.1 Å². The van der Waals surface area contributed by atoms with E-state index in [0.29, 0.717) is 68.1 Å². The third-order valence-electron chi connectivity index (χ3n) is 6.18.